The van der Waals surface area contributed by atoms with E-state index < -0.39 is 16.3 Å². The second-order valence-corrected chi connectivity index (χ2v) is 9.88. The first-order valence-electron chi connectivity index (χ1n) is 9.61. The van der Waals surface area contributed by atoms with E-state index in [4.69, 9.17) is 9.84 Å². The molecule has 3 aliphatic heterocycles. The van der Waals surface area contributed by atoms with Gasteiger partial charge in [0.15, 0.2) is 6.23 Å². The number of hydrogen-bond acceptors (Lipinski definition) is 5. The van der Waals surface area contributed by atoms with Crippen molar-refractivity contribution in [2.75, 3.05) is 19.4 Å². The van der Waals surface area contributed by atoms with E-state index >= 15 is 0 Å². The summed E-state index contributed by atoms with van der Waals surface area (Å²) in [4.78, 5) is 2.18. The van der Waals surface area contributed by atoms with Gasteiger partial charge in [-0.05, 0) is 44.1 Å². The third kappa shape index (κ3) is 3.43. The highest BCUT2D eigenvalue weighted by molar-refractivity contribution is 7.89. The Morgan fingerprint density at radius 2 is 2.19 bits per heavy atom. The van der Waals surface area contributed by atoms with Crippen molar-refractivity contribution in [2.24, 2.45) is 5.41 Å². The predicted octanol–water partition coefficient (Wildman–Crippen LogP) is 3.08. The van der Waals surface area contributed by atoms with E-state index in [1.54, 1.807) is 7.05 Å². The zero-order valence-corrected chi connectivity index (χ0v) is 17.4. The Balaban J connectivity index is 0.00000210. The fourth-order valence-electron chi connectivity index (χ4n) is 4.77. The zero-order chi connectivity index (χ0) is 18.4. The third-order valence-electron chi connectivity index (χ3n) is 6.21. The number of sulfonamides is 1. The minimum Gasteiger partial charge on any atom is -0.476 e. The number of rotatable bonds is 5. The summed E-state index contributed by atoms with van der Waals surface area (Å²) in [6, 6.07) is 0. The topological polar surface area (TPSA) is 70.1 Å². The van der Waals surface area contributed by atoms with Gasteiger partial charge in [0.2, 0.25) is 10.0 Å². The van der Waals surface area contributed by atoms with Gasteiger partial charge >= 0.3 is 0 Å². The molecule has 27 heavy (non-hydrogen) atoms. The maximum absolute atomic E-state index is 12.6. The van der Waals surface area contributed by atoms with Crippen LogP contribution in [0.2, 0.25) is 0 Å². The Morgan fingerprint density at radius 3 is 2.96 bits per heavy atom. The van der Waals surface area contributed by atoms with Gasteiger partial charge in [-0.3, -0.25) is 0 Å². The second kappa shape index (κ2) is 7.78. The Bertz CT molecular complexity index is 777. The lowest BCUT2D eigenvalue weighted by Gasteiger charge is -2.42. The molecule has 2 atom stereocenters. The molecule has 1 N–H and O–H groups in total. The van der Waals surface area contributed by atoms with Crippen molar-refractivity contribution in [1.82, 2.24) is 9.21 Å². The highest BCUT2D eigenvalue weighted by atomic mass is 35.5. The molecule has 2 fully saturated rings. The van der Waals surface area contributed by atoms with E-state index in [1.807, 2.05) is 0 Å². The van der Waals surface area contributed by atoms with Gasteiger partial charge in [0.1, 0.15) is 5.76 Å². The summed E-state index contributed by atoms with van der Waals surface area (Å²) in [5, 5.41) is 8.99. The van der Waals surface area contributed by atoms with E-state index in [2.05, 4.69) is 23.4 Å². The van der Waals surface area contributed by atoms with Crippen LogP contribution in [0.5, 0.6) is 0 Å². The van der Waals surface area contributed by atoms with Gasteiger partial charge in [-0.1, -0.05) is 12.5 Å². The van der Waals surface area contributed by atoms with Crippen molar-refractivity contribution in [2.45, 2.75) is 57.6 Å². The maximum Gasteiger partial charge on any atom is 0.216 e. The van der Waals surface area contributed by atoms with E-state index in [0.29, 0.717) is 6.42 Å². The molecule has 4 aliphatic rings. The van der Waals surface area contributed by atoms with Crippen molar-refractivity contribution in [1.29, 1.82) is 0 Å². The lowest BCUT2D eigenvalue weighted by Crippen LogP contribution is -2.39. The zero-order valence-electron chi connectivity index (χ0n) is 15.8. The molecule has 0 amide bonds. The van der Waals surface area contributed by atoms with Gasteiger partial charge in [-0.15, -0.1) is 12.4 Å². The van der Waals surface area contributed by atoms with Crippen LogP contribution in [-0.4, -0.2) is 48.4 Å². The number of aliphatic hydroxyl groups excluding tert-OH is 1. The fraction of sp³-hybridized carbons (Fsp3) is 0.684. The molecule has 152 valence electrons. The SMILES string of the molecule is CN(C1CC23CCCCC2=CN2C=CCCC2=C3O1)S(=O)(=O)CCCO.Cl. The molecule has 0 aromatic heterocycles. The smallest absolute Gasteiger partial charge is 0.216 e. The summed E-state index contributed by atoms with van der Waals surface area (Å²) in [7, 11) is -1.83. The van der Waals surface area contributed by atoms with E-state index in [-0.39, 0.29) is 36.6 Å². The lowest BCUT2D eigenvalue weighted by atomic mass is 9.66. The first kappa shape index (κ1) is 20.7. The first-order chi connectivity index (χ1) is 12.5. The molecule has 1 saturated carbocycles. The fourth-order valence-corrected chi connectivity index (χ4v) is 6.03. The molecule has 0 aromatic carbocycles. The van der Waals surface area contributed by atoms with Gasteiger partial charge in [0.25, 0.3) is 0 Å². The number of ether oxygens (including phenoxy) is 1. The van der Waals surface area contributed by atoms with Crippen LogP contribution in [0.25, 0.3) is 0 Å². The van der Waals surface area contributed by atoms with Gasteiger partial charge < -0.3 is 14.7 Å². The molecule has 0 radical (unpaired) electrons. The molecule has 6 nitrogen and oxygen atoms in total. The summed E-state index contributed by atoms with van der Waals surface area (Å²) < 4.78 is 33.0. The summed E-state index contributed by atoms with van der Waals surface area (Å²) in [5.41, 5.74) is 2.46. The molecular formula is C19H29ClN2O4S. The van der Waals surface area contributed by atoms with Crippen LogP contribution in [0.1, 0.15) is 51.4 Å². The van der Waals surface area contributed by atoms with Crippen molar-refractivity contribution in [3.8, 4) is 0 Å². The number of hydrogen-bond donors (Lipinski definition) is 1. The minimum absolute atomic E-state index is 0. The summed E-state index contributed by atoms with van der Waals surface area (Å²) in [6.45, 7) is -0.119. The van der Waals surface area contributed by atoms with Crippen molar-refractivity contribution in [3.63, 3.8) is 0 Å². The Kier molecular flexibility index (Phi) is 5.96. The van der Waals surface area contributed by atoms with Gasteiger partial charge in [0.05, 0.1) is 16.9 Å². The van der Waals surface area contributed by atoms with Crippen LogP contribution < -0.4 is 0 Å². The van der Waals surface area contributed by atoms with Crippen LogP contribution in [0.15, 0.2) is 35.5 Å². The van der Waals surface area contributed by atoms with Crippen LogP contribution in [-0.2, 0) is 14.8 Å². The third-order valence-corrected chi connectivity index (χ3v) is 8.13. The number of aliphatic hydroxyl groups is 1. The number of allylic oxidation sites excluding steroid dienone is 3. The molecule has 3 heterocycles. The number of nitrogens with zero attached hydrogens (tertiary/aromatic N) is 2. The molecule has 0 bridgehead atoms. The van der Waals surface area contributed by atoms with Crippen molar-refractivity contribution in [3.05, 3.63) is 35.5 Å². The molecule has 4 rings (SSSR count). The average molecular weight is 417 g/mol. The number of halogens is 1. The highest BCUT2D eigenvalue weighted by Gasteiger charge is 2.54. The van der Waals surface area contributed by atoms with Crippen LogP contribution in [0, 0.1) is 5.41 Å². The molecule has 0 aromatic rings. The van der Waals surface area contributed by atoms with Gasteiger partial charge in [0, 0.05) is 32.5 Å². The lowest BCUT2D eigenvalue weighted by molar-refractivity contribution is 0.0704. The van der Waals surface area contributed by atoms with Gasteiger partial charge in [-0.25, -0.2) is 8.42 Å². The summed E-state index contributed by atoms with van der Waals surface area (Å²) in [6.07, 6.45) is 13.4. The number of fused-ring (bicyclic) bond motifs is 1. The average Bonchev–Trinajstić information content (AvgIpc) is 3.03. The van der Waals surface area contributed by atoms with Crippen molar-refractivity contribution < 1.29 is 18.3 Å². The summed E-state index contributed by atoms with van der Waals surface area (Å²) in [5.74, 6) is 0.962. The first-order valence-corrected chi connectivity index (χ1v) is 11.2. The molecule has 1 aliphatic carbocycles. The molecule has 1 spiro atoms. The van der Waals surface area contributed by atoms with Gasteiger partial charge in [-0.2, -0.15) is 4.31 Å². The standard InChI is InChI=1S/C19H28N2O4S.ClH/c1-20(26(23,24)12-6-11-22)17-13-19-9-4-2-7-15(19)14-21-10-5-3-8-16(21)18(19)25-17;/h5,10,14,17,22H,2-4,6-9,11-13H2,1H3;1H. The summed E-state index contributed by atoms with van der Waals surface area (Å²) >= 11 is 0. The largest absolute Gasteiger partial charge is 0.476 e. The molecular weight excluding hydrogens is 388 g/mol. The second-order valence-electron chi connectivity index (χ2n) is 7.74. The normalized spacial score (nSPS) is 29.5. The van der Waals surface area contributed by atoms with E-state index in [1.165, 1.54) is 22.0 Å². The highest BCUT2D eigenvalue weighted by Crippen LogP contribution is 2.59. The van der Waals surface area contributed by atoms with Crippen LogP contribution in [0.4, 0.5) is 0 Å². The predicted molar refractivity (Wildman–Crippen MR) is 106 cm³/mol. The Hall–Kier alpha value is -1.02. The Morgan fingerprint density at radius 1 is 1.37 bits per heavy atom. The maximum atomic E-state index is 12.6. The van der Waals surface area contributed by atoms with E-state index in [9.17, 15) is 8.42 Å². The quantitative estimate of drug-likeness (QED) is 0.745. The monoisotopic (exact) mass is 416 g/mol. The van der Waals surface area contributed by atoms with Crippen LogP contribution in [0.3, 0.4) is 0 Å². The molecule has 2 unspecified atom stereocenters. The van der Waals surface area contributed by atoms with E-state index in [0.717, 1.165) is 37.9 Å². The van der Waals surface area contributed by atoms with Crippen molar-refractivity contribution >= 4 is 22.4 Å². The molecule has 1 saturated heterocycles. The molecule has 8 heteroatoms. The van der Waals surface area contributed by atoms with Crippen LogP contribution >= 0.6 is 12.4 Å². The Labute approximate surface area is 168 Å². The minimum atomic E-state index is -3.44.